The number of fused-ring (bicyclic) bond motifs is 1. The second-order valence-corrected chi connectivity index (χ2v) is 7.67. The van der Waals surface area contributed by atoms with Gasteiger partial charge in [0.25, 0.3) is 0 Å². The molecule has 0 spiro atoms. The van der Waals surface area contributed by atoms with E-state index in [9.17, 15) is 30.7 Å². The van der Waals surface area contributed by atoms with Gasteiger partial charge in [0.1, 0.15) is 23.3 Å². The Morgan fingerprint density at radius 2 is 1.29 bits per heavy atom. The Hall–Kier alpha value is -3.79. The number of halogens is 7. The summed E-state index contributed by atoms with van der Waals surface area (Å²) in [7, 11) is 0. The highest BCUT2D eigenvalue weighted by molar-refractivity contribution is 5.84. The van der Waals surface area contributed by atoms with Gasteiger partial charge in [0.15, 0.2) is 17.5 Å². The van der Waals surface area contributed by atoms with Gasteiger partial charge in [-0.3, -0.25) is 0 Å². The van der Waals surface area contributed by atoms with Gasteiger partial charge < -0.3 is 0 Å². The molecule has 0 fully saturated rings. The molecule has 0 N–H and O–H groups in total. The third kappa shape index (κ3) is 4.36. The Morgan fingerprint density at radius 3 is 1.91 bits per heavy atom. The first-order valence-electron chi connectivity index (χ1n) is 10.3. The fourth-order valence-corrected chi connectivity index (χ4v) is 3.69. The maximum absolute atomic E-state index is 14.6. The van der Waals surface area contributed by atoms with Crippen LogP contribution in [0, 0.1) is 52.6 Å². The van der Waals surface area contributed by atoms with E-state index in [1.165, 1.54) is 18.2 Å². The molecule has 0 atom stereocenters. The highest BCUT2D eigenvalue weighted by atomic mass is 19.2. The van der Waals surface area contributed by atoms with Gasteiger partial charge >= 0.3 is 0 Å². The van der Waals surface area contributed by atoms with Gasteiger partial charge in [0, 0.05) is 10.9 Å². The molecular weight excluding hydrogens is 457 g/mol. The lowest BCUT2D eigenvalue weighted by Crippen LogP contribution is -1.98. The van der Waals surface area contributed by atoms with Gasteiger partial charge in [-0.1, -0.05) is 31.3 Å². The molecule has 0 bridgehead atoms. The Labute approximate surface area is 190 Å². The van der Waals surface area contributed by atoms with Gasteiger partial charge in [0.05, 0.1) is 11.1 Å². The molecule has 7 heteroatoms. The molecule has 0 amide bonds. The molecule has 0 aliphatic rings. The minimum absolute atomic E-state index is 0.0111. The van der Waals surface area contributed by atoms with Crippen LogP contribution in [-0.4, -0.2) is 0 Å². The first-order chi connectivity index (χ1) is 16.2. The molecule has 34 heavy (non-hydrogen) atoms. The van der Waals surface area contributed by atoms with Gasteiger partial charge in [-0.2, -0.15) is 0 Å². The third-order valence-electron chi connectivity index (χ3n) is 5.28. The molecule has 4 rings (SSSR count). The monoisotopic (exact) mass is 472 g/mol. The number of rotatable bonds is 3. The van der Waals surface area contributed by atoms with E-state index in [4.69, 9.17) is 0 Å². The standard InChI is InChI=1S/C27H15F7/c1-2-3-15-9-22(30)25(23(31)10-15)17-12-20(28)19(21(29)13-17)7-5-14-4-6-18-16(8-14)11-24(32)27(34)26(18)33/h4,6,8-13H,2-3H2,1H3. The van der Waals surface area contributed by atoms with Gasteiger partial charge in [-0.05, 0) is 65.4 Å². The van der Waals surface area contributed by atoms with Gasteiger partial charge in [0.2, 0.25) is 0 Å². The lowest BCUT2D eigenvalue weighted by Gasteiger charge is -2.09. The number of aryl methyl sites for hydroxylation is 1. The van der Waals surface area contributed by atoms with Crippen molar-refractivity contribution in [2.45, 2.75) is 19.8 Å². The predicted molar refractivity (Wildman–Crippen MR) is 116 cm³/mol. The third-order valence-corrected chi connectivity index (χ3v) is 5.28. The van der Waals surface area contributed by atoms with Crippen molar-refractivity contribution >= 4 is 10.8 Å². The quantitative estimate of drug-likeness (QED) is 0.162. The van der Waals surface area contributed by atoms with Crippen LogP contribution in [0.25, 0.3) is 21.9 Å². The second-order valence-electron chi connectivity index (χ2n) is 7.67. The van der Waals surface area contributed by atoms with Crippen molar-refractivity contribution in [1.29, 1.82) is 0 Å². The fourth-order valence-electron chi connectivity index (χ4n) is 3.69. The molecule has 0 unspecified atom stereocenters. The van der Waals surface area contributed by atoms with Crippen LogP contribution in [0.5, 0.6) is 0 Å². The van der Waals surface area contributed by atoms with E-state index in [0.717, 1.165) is 30.3 Å². The van der Waals surface area contributed by atoms with E-state index >= 15 is 0 Å². The fraction of sp³-hybridized carbons (Fsp3) is 0.111. The van der Waals surface area contributed by atoms with E-state index in [1.54, 1.807) is 0 Å². The zero-order valence-corrected chi connectivity index (χ0v) is 17.7. The molecule has 0 nitrogen and oxygen atoms in total. The summed E-state index contributed by atoms with van der Waals surface area (Å²) >= 11 is 0. The molecule has 0 saturated heterocycles. The van der Waals surface area contributed by atoms with E-state index in [1.807, 2.05) is 6.92 Å². The van der Waals surface area contributed by atoms with Crippen molar-refractivity contribution in [1.82, 2.24) is 0 Å². The van der Waals surface area contributed by atoms with Crippen LogP contribution in [-0.2, 0) is 6.42 Å². The van der Waals surface area contributed by atoms with E-state index in [2.05, 4.69) is 11.8 Å². The Morgan fingerprint density at radius 1 is 0.647 bits per heavy atom. The summed E-state index contributed by atoms with van der Waals surface area (Å²) in [5.41, 5.74) is -0.934. The zero-order chi connectivity index (χ0) is 24.6. The van der Waals surface area contributed by atoms with Crippen LogP contribution >= 0.6 is 0 Å². The topological polar surface area (TPSA) is 0 Å². The first kappa shape index (κ1) is 23.4. The molecule has 0 saturated carbocycles. The van der Waals surface area contributed by atoms with Crippen molar-refractivity contribution in [3.05, 3.63) is 106 Å². The highest BCUT2D eigenvalue weighted by Crippen LogP contribution is 2.30. The molecule has 172 valence electrons. The molecule has 0 heterocycles. The molecule has 0 aromatic heterocycles. The molecule has 0 aliphatic carbocycles. The number of benzene rings is 4. The smallest absolute Gasteiger partial charge is 0.195 e. The normalized spacial score (nSPS) is 10.9. The average molecular weight is 472 g/mol. The molecule has 4 aromatic carbocycles. The second kappa shape index (κ2) is 9.22. The van der Waals surface area contributed by atoms with Crippen molar-refractivity contribution in [3.63, 3.8) is 0 Å². The van der Waals surface area contributed by atoms with Crippen LogP contribution < -0.4 is 0 Å². The van der Waals surface area contributed by atoms with Gasteiger partial charge in [-0.25, -0.2) is 30.7 Å². The van der Waals surface area contributed by atoms with E-state index < -0.39 is 51.8 Å². The minimum Gasteiger partial charge on any atom is -0.206 e. The zero-order valence-electron chi connectivity index (χ0n) is 17.7. The first-order valence-corrected chi connectivity index (χ1v) is 10.3. The minimum atomic E-state index is -1.61. The SMILES string of the molecule is CCCc1cc(F)c(-c2cc(F)c(C#Cc3ccc4c(F)c(F)c(F)cc4c3)c(F)c2)c(F)c1. The largest absolute Gasteiger partial charge is 0.206 e. The van der Waals surface area contributed by atoms with Crippen LogP contribution in [0.3, 0.4) is 0 Å². The molecular formula is C27H15F7. The lowest BCUT2D eigenvalue weighted by molar-refractivity contribution is 0.453. The Balaban J connectivity index is 1.72. The summed E-state index contributed by atoms with van der Waals surface area (Å²) in [6.07, 6.45) is 1.13. The van der Waals surface area contributed by atoms with Crippen molar-refractivity contribution in [3.8, 4) is 23.0 Å². The number of hydrogen-bond acceptors (Lipinski definition) is 0. The maximum Gasteiger partial charge on any atom is 0.195 e. The summed E-state index contributed by atoms with van der Waals surface area (Å²) in [6, 6.07) is 8.28. The summed E-state index contributed by atoms with van der Waals surface area (Å²) in [5, 5.41) is -0.169. The van der Waals surface area contributed by atoms with Gasteiger partial charge in [-0.15, -0.1) is 0 Å². The van der Waals surface area contributed by atoms with E-state index in [0.29, 0.717) is 18.4 Å². The van der Waals surface area contributed by atoms with Crippen LogP contribution in [0.15, 0.2) is 48.5 Å². The summed E-state index contributed by atoms with van der Waals surface area (Å²) in [4.78, 5) is 0. The maximum atomic E-state index is 14.6. The molecule has 4 aromatic rings. The number of hydrogen-bond donors (Lipinski definition) is 0. The summed E-state index contributed by atoms with van der Waals surface area (Å²) in [5.74, 6) is -3.74. The van der Waals surface area contributed by atoms with Crippen molar-refractivity contribution in [2.24, 2.45) is 0 Å². The predicted octanol–water partition coefficient (Wildman–Crippen LogP) is 7.83. The average Bonchev–Trinajstić information content (AvgIpc) is 2.76. The molecule has 0 aliphatic heterocycles. The Kier molecular flexibility index (Phi) is 6.34. The molecule has 0 radical (unpaired) electrons. The van der Waals surface area contributed by atoms with E-state index in [-0.39, 0.29) is 21.9 Å². The van der Waals surface area contributed by atoms with Crippen LogP contribution in [0.4, 0.5) is 30.7 Å². The van der Waals surface area contributed by atoms with Crippen molar-refractivity contribution < 1.29 is 30.7 Å². The van der Waals surface area contributed by atoms with Crippen LogP contribution in [0.2, 0.25) is 0 Å². The summed E-state index contributed by atoms with van der Waals surface area (Å²) < 4.78 is 98.9. The highest BCUT2D eigenvalue weighted by Gasteiger charge is 2.18. The Bertz CT molecular complexity index is 1450. The van der Waals surface area contributed by atoms with Crippen molar-refractivity contribution in [2.75, 3.05) is 0 Å². The summed E-state index contributed by atoms with van der Waals surface area (Å²) in [6.45, 7) is 1.85. The lowest BCUT2D eigenvalue weighted by atomic mass is 9.99. The van der Waals surface area contributed by atoms with Crippen LogP contribution in [0.1, 0.15) is 30.0 Å².